The molecule has 1 heterocycles. The predicted octanol–water partition coefficient (Wildman–Crippen LogP) is 1.28. The summed E-state index contributed by atoms with van der Waals surface area (Å²) in [6, 6.07) is 0. The zero-order valence-electron chi connectivity index (χ0n) is 7.00. The second-order valence-electron chi connectivity index (χ2n) is 2.31. The first-order valence-electron chi connectivity index (χ1n) is 3.43. The fraction of sp³-hybridized carbons (Fsp3) is 0.286. The summed E-state index contributed by atoms with van der Waals surface area (Å²) < 4.78 is 41.0. The lowest BCUT2D eigenvalue weighted by molar-refractivity contribution is -0.138. The lowest BCUT2D eigenvalue weighted by atomic mass is 10.1. The zero-order valence-corrected chi connectivity index (χ0v) is 7.00. The molecule has 7 heteroatoms. The summed E-state index contributed by atoms with van der Waals surface area (Å²) in [7, 11) is 0.989. The summed E-state index contributed by atoms with van der Waals surface area (Å²) in [6.45, 7) is 0. The number of methoxy groups -OCH3 is 1. The zero-order chi connectivity index (χ0) is 10.8. The molecule has 14 heavy (non-hydrogen) atoms. The Hall–Kier alpha value is -1.66. The number of hydrogen-bond donors (Lipinski definition) is 0. The van der Waals surface area contributed by atoms with Crippen molar-refractivity contribution in [2.24, 2.45) is 0 Å². The minimum atomic E-state index is -4.64. The van der Waals surface area contributed by atoms with E-state index in [4.69, 9.17) is 0 Å². The second kappa shape index (κ2) is 3.60. The van der Waals surface area contributed by atoms with E-state index in [1.807, 2.05) is 0 Å². The molecule has 0 aliphatic carbocycles. The number of esters is 1. The van der Waals surface area contributed by atoms with E-state index in [2.05, 4.69) is 14.9 Å². The van der Waals surface area contributed by atoms with E-state index in [0.717, 1.165) is 7.11 Å². The van der Waals surface area contributed by atoms with E-state index in [9.17, 15) is 18.0 Å². The van der Waals surface area contributed by atoms with Crippen LogP contribution in [0.2, 0.25) is 0 Å². The summed E-state index contributed by atoms with van der Waals surface area (Å²) in [4.78, 5) is 10.9. The Labute approximate surface area is 76.7 Å². The lowest BCUT2D eigenvalue weighted by Gasteiger charge is -2.08. The molecule has 0 fully saturated rings. The van der Waals surface area contributed by atoms with Gasteiger partial charge in [0.1, 0.15) is 0 Å². The van der Waals surface area contributed by atoms with E-state index in [1.54, 1.807) is 0 Å². The van der Waals surface area contributed by atoms with Crippen molar-refractivity contribution in [3.63, 3.8) is 0 Å². The molecule has 1 aromatic rings. The van der Waals surface area contributed by atoms with Crippen LogP contribution in [-0.4, -0.2) is 23.3 Å². The first-order chi connectivity index (χ1) is 6.46. The number of nitrogens with zero attached hydrogens (tertiary/aromatic N) is 2. The van der Waals surface area contributed by atoms with Gasteiger partial charge in [-0.3, -0.25) is 0 Å². The number of ether oxygens (including phenoxy) is 1. The molecule has 0 N–H and O–H groups in total. The van der Waals surface area contributed by atoms with Crippen molar-refractivity contribution >= 4 is 5.97 Å². The Bertz CT molecular complexity index is 351. The normalized spacial score (nSPS) is 11.1. The van der Waals surface area contributed by atoms with E-state index in [0.29, 0.717) is 12.4 Å². The Morgan fingerprint density at radius 2 is 1.93 bits per heavy atom. The van der Waals surface area contributed by atoms with Gasteiger partial charge >= 0.3 is 12.1 Å². The molecule has 0 aromatic carbocycles. The molecule has 0 bridgehead atoms. The van der Waals surface area contributed by atoms with E-state index < -0.39 is 23.3 Å². The fourth-order valence-electron chi connectivity index (χ4n) is 0.820. The molecule has 0 amide bonds. The minimum Gasteiger partial charge on any atom is -0.465 e. The molecule has 0 saturated heterocycles. The molecule has 1 aromatic heterocycles. The molecular weight excluding hydrogens is 201 g/mol. The molecule has 1 rings (SSSR count). The number of hydrogen-bond acceptors (Lipinski definition) is 4. The summed E-state index contributed by atoms with van der Waals surface area (Å²) in [5.41, 5.74) is -1.80. The topological polar surface area (TPSA) is 52.1 Å². The third-order valence-corrected chi connectivity index (χ3v) is 1.44. The second-order valence-corrected chi connectivity index (χ2v) is 2.31. The van der Waals surface area contributed by atoms with E-state index >= 15 is 0 Å². The first-order valence-corrected chi connectivity index (χ1v) is 3.43. The maximum absolute atomic E-state index is 12.3. The van der Waals surface area contributed by atoms with Gasteiger partial charge in [0, 0.05) is 0 Å². The van der Waals surface area contributed by atoms with Gasteiger partial charge in [-0.05, 0) is 0 Å². The van der Waals surface area contributed by atoms with Crippen LogP contribution in [0.15, 0.2) is 12.4 Å². The highest BCUT2D eigenvalue weighted by Crippen LogP contribution is 2.30. The monoisotopic (exact) mass is 206 g/mol. The number of carbonyl (C=O) groups excluding carboxylic acids is 1. The Morgan fingerprint density at radius 3 is 2.43 bits per heavy atom. The summed E-state index contributed by atoms with van der Waals surface area (Å²) in [6.07, 6.45) is -3.44. The molecule has 0 unspecified atom stereocenters. The Balaban J connectivity index is 3.23. The van der Waals surface area contributed by atoms with Gasteiger partial charge < -0.3 is 4.74 Å². The van der Waals surface area contributed by atoms with E-state index in [-0.39, 0.29) is 0 Å². The molecule has 76 valence electrons. The summed E-state index contributed by atoms with van der Waals surface area (Å²) in [5.74, 6) is -1.09. The average Bonchev–Trinajstić information content (AvgIpc) is 2.15. The minimum absolute atomic E-state index is 0.478. The van der Waals surface area contributed by atoms with Gasteiger partial charge in [0.25, 0.3) is 0 Å². The maximum atomic E-state index is 12.3. The van der Waals surface area contributed by atoms with Gasteiger partial charge in [-0.15, -0.1) is 0 Å². The summed E-state index contributed by atoms with van der Waals surface area (Å²) >= 11 is 0. The maximum Gasteiger partial charge on any atom is 0.418 e. The Morgan fingerprint density at radius 1 is 1.36 bits per heavy atom. The number of halogens is 3. The first kappa shape index (κ1) is 10.4. The van der Waals surface area contributed by atoms with Crippen molar-refractivity contribution in [1.29, 1.82) is 0 Å². The van der Waals surface area contributed by atoms with Crippen molar-refractivity contribution in [3.8, 4) is 0 Å². The molecule has 0 aliphatic heterocycles. The van der Waals surface area contributed by atoms with Gasteiger partial charge in [-0.25, -0.2) is 4.79 Å². The largest absolute Gasteiger partial charge is 0.465 e. The van der Waals surface area contributed by atoms with Crippen LogP contribution in [0.5, 0.6) is 0 Å². The molecule has 0 radical (unpaired) electrons. The quantitative estimate of drug-likeness (QED) is 0.649. The molecule has 0 saturated carbocycles. The Kier molecular flexibility index (Phi) is 2.68. The average molecular weight is 206 g/mol. The van der Waals surface area contributed by atoms with Crippen molar-refractivity contribution in [2.75, 3.05) is 7.11 Å². The van der Waals surface area contributed by atoms with E-state index in [1.165, 1.54) is 0 Å². The number of aromatic nitrogens is 2. The van der Waals surface area contributed by atoms with Crippen molar-refractivity contribution < 1.29 is 22.7 Å². The highest BCUT2D eigenvalue weighted by atomic mass is 19.4. The summed E-state index contributed by atoms with van der Waals surface area (Å²) in [5, 5.41) is 6.23. The third kappa shape index (κ3) is 1.98. The SMILES string of the molecule is COC(=O)c1cnncc1C(F)(F)F. The molecule has 0 aliphatic rings. The lowest BCUT2D eigenvalue weighted by Crippen LogP contribution is -2.15. The van der Waals surface area contributed by atoms with Gasteiger partial charge in [-0.1, -0.05) is 0 Å². The number of rotatable bonds is 1. The van der Waals surface area contributed by atoms with Crippen molar-refractivity contribution in [2.45, 2.75) is 6.18 Å². The third-order valence-electron chi connectivity index (χ3n) is 1.44. The fourth-order valence-corrected chi connectivity index (χ4v) is 0.820. The van der Waals surface area contributed by atoms with Gasteiger partial charge in [0.2, 0.25) is 0 Å². The highest BCUT2D eigenvalue weighted by Gasteiger charge is 2.36. The van der Waals surface area contributed by atoms with Crippen LogP contribution < -0.4 is 0 Å². The number of carbonyl (C=O) groups is 1. The number of alkyl halides is 3. The van der Waals surface area contributed by atoms with Crippen LogP contribution in [0, 0.1) is 0 Å². The molecule has 0 spiro atoms. The van der Waals surface area contributed by atoms with Crippen molar-refractivity contribution in [3.05, 3.63) is 23.5 Å². The molecule has 4 nitrogen and oxygen atoms in total. The van der Waals surface area contributed by atoms with Crippen LogP contribution in [0.4, 0.5) is 13.2 Å². The highest BCUT2D eigenvalue weighted by molar-refractivity contribution is 5.90. The molecule has 0 atom stereocenters. The predicted molar refractivity (Wildman–Crippen MR) is 38.4 cm³/mol. The van der Waals surface area contributed by atoms with Gasteiger partial charge in [0.15, 0.2) is 0 Å². The van der Waals surface area contributed by atoms with Crippen LogP contribution in [0.3, 0.4) is 0 Å². The smallest absolute Gasteiger partial charge is 0.418 e. The van der Waals surface area contributed by atoms with Crippen LogP contribution >= 0.6 is 0 Å². The van der Waals surface area contributed by atoms with Crippen molar-refractivity contribution in [1.82, 2.24) is 10.2 Å². The molecular formula is C7H5F3N2O2. The van der Waals surface area contributed by atoms with Crippen LogP contribution in [0.25, 0.3) is 0 Å². The van der Waals surface area contributed by atoms with Crippen LogP contribution in [-0.2, 0) is 10.9 Å². The van der Waals surface area contributed by atoms with Crippen LogP contribution in [0.1, 0.15) is 15.9 Å². The van der Waals surface area contributed by atoms with Gasteiger partial charge in [-0.2, -0.15) is 23.4 Å². The van der Waals surface area contributed by atoms with Gasteiger partial charge in [0.05, 0.1) is 30.6 Å². The standard InChI is InChI=1S/C7H5F3N2O2/c1-14-6(13)4-2-11-12-3-5(4)7(8,9)10/h2-3H,1H3.